The minimum Gasteiger partial charge on any atom is -0.496 e. The number of hydrogen-bond donors (Lipinski definition) is 2. The number of methoxy groups -OCH3 is 1. The van der Waals surface area contributed by atoms with Crippen LogP contribution in [0.2, 0.25) is 0 Å². The summed E-state index contributed by atoms with van der Waals surface area (Å²) in [4.78, 5) is 22.1. The molecule has 4 rings (SSSR count). The molecule has 1 aromatic carbocycles. The van der Waals surface area contributed by atoms with Crippen molar-refractivity contribution in [1.82, 2.24) is 25.1 Å². The highest BCUT2D eigenvalue weighted by Gasteiger charge is 2.29. The molecule has 0 radical (unpaired) electrons. The Bertz CT molecular complexity index is 1040. The predicted octanol–water partition coefficient (Wildman–Crippen LogP) is 2.80. The van der Waals surface area contributed by atoms with Crippen molar-refractivity contribution >= 4 is 5.91 Å². The number of aryl methyl sites for hydroxylation is 1. The lowest BCUT2D eigenvalue weighted by Gasteiger charge is -2.31. The van der Waals surface area contributed by atoms with Gasteiger partial charge in [0.2, 0.25) is 5.91 Å². The van der Waals surface area contributed by atoms with E-state index >= 15 is 0 Å². The third-order valence-corrected chi connectivity index (χ3v) is 5.96. The summed E-state index contributed by atoms with van der Waals surface area (Å²) < 4.78 is 5.48. The topological polar surface area (TPSA) is 104 Å². The summed E-state index contributed by atoms with van der Waals surface area (Å²) in [5, 5.41) is 17.1. The maximum atomic E-state index is 11.8. The fourth-order valence-corrected chi connectivity index (χ4v) is 4.28. The van der Waals surface area contributed by atoms with Gasteiger partial charge in [0.25, 0.3) is 0 Å². The van der Waals surface area contributed by atoms with Crippen LogP contribution in [-0.2, 0) is 11.2 Å². The third kappa shape index (κ3) is 4.16. The van der Waals surface area contributed by atoms with Gasteiger partial charge in [-0.2, -0.15) is 5.10 Å². The average Bonchev–Trinajstić information content (AvgIpc) is 3.29. The van der Waals surface area contributed by atoms with E-state index in [-0.39, 0.29) is 11.8 Å². The molecule has 0 bridgehead atoms. The van der Waals surface area contributed by atoms with E-state index in [0.29, 0.717) is 13.1 Å². The van der Waals surface area contributed by atoms with Crippen LogP contribution in [-0.4, -0.2) is 62.9 Å². The average molecular weight is 422 g/mol. The van der Waals surface area contributed by atoms with Crippen molar-refractivity contribution < 1.29 is 14.6 Å². The predicted molar refractivity (Wildman–Crippen MR) is 117 cm³/mol. The molecule has 31 heavy (non-hydrogen) atoms. The molecule has 3 aromatic rings. The summed E-state index contributed by atoms with van der Waals surface area (Å²) >= 11 is 0. The van der Waals surface area contributed by atoms with Gasteiger partial charge in [-0.1, -0.05) is 6.92 Å². The van der Waals surface area contributed by atoms with Crippen LogP contribution in [0.15, 0.2) is 36.8 Å². The second-order valence-electron chi connectivity index (χ2n) is 7.65. The van der Waals surface area contributed by atoms with Gasteiger partial charge in [-0.25, -0.2) is 9.97 Å². The molecule has 162 valence electrons. The summed E-state index contributed by atoms with van der Waals surface area (Å²) in [6, 6.07) is 8.01. The molecule has 0 unspecified atom stereocenters. The minimum absolute atomic E-state index is 0.217. The number of aromatic nitrogens is 4. The van der Waals surface area contributed by atoms with E-state index in [1.165, 1.54) is 0 Å². The standard InChI is InChI=1S/C23H27N5O3/c1-3-15-12-17(4-5-19(15)31-2)23-21(18-6-9-24-14-25-18)22(26-27-23)16-7-10-28(11-8-16)20(30)13-29/h4-6,9,12,14,16,29H,3,7-8,10-11,13H2,1-2H3,(H,26,27). The van der Waals surface area contributed by atoms with Crippen LogP contribution in [0.3, 0.4) is 0 Å². The molecule has 3 heterocycles. The van der Waals surface area contributed by atoms with Crippen molar-refractivity contribution in [3.8, 4) is 28.3 Å². The van der Waals surface area contributed by atoms with E-state index in [0.717, 1.165) is 58.8 Å². The van der Waals surface area contributed by atoms with Crippen molar-refractivity contribution in [2.24, 2.45) is 0 Å². The third-order valence-electron chi connectivity index (χ3n) is 5.96. The van der Waals surface area contributed by atoms with Gasteiger partial charge in [-0.3, -0.25) is 9.89 Å². The van der Waals surface area contributed by atoms with Crippen LogP contribution < -0.4 is 4.74 Å². The second kappa shape index (κ2) is 9.26. The first-order valence-electron chi connectivity index (χ1n) is 10.6. The van der Waals surface area contributed by atoms with E-state index < -0.39 is 6.61 Å². The fraction of sp³-hybridized carbons (Fsp3) is 0.391. The van der Waals surface area contributed by atoms with E-state index in [1.54, 1.807) is 24.5 Å². The number of aliphatic hydroxyl groups is 1. The number of carbonyl (C=O) groups is 1. The van der Waals surface area contributed by atoms with Gasteiger partial charge in [0.1, 0.15) is 24.4 Å². The first kappa shape index (κ1) is 21.0. The van der Waals surface area contributed by atoms with Crippen LogP contribution in [0, 0.1) is 0 Å². The number of amides is 1. The minimum atomic E-state index is -0.442. The summed E-state index contributed by atoms with van der Waals surface area (Å²) in [5.41, 5.74) is 5.78. The van der Waals surface area contributed by atoms with E-state index in [1.807, 2.05) is 18.2 Å². The number of nitrogens with zero attached hydrogens (tertiary/aromatic N) is 4. The lowest BCUT2D eigenvalue weighted by atomic mass is 9.88. The van der Waals surface area contributed by atoms with Crippen molar-refractivity contribution in [3.63, 3.8) is 0 Å². The highest BCUT2D eigenvalue weighted by atomic mass is 16.5. The van der Waals surface area contributed by atoms with Gasteiger partial charge in [-0.05, 0) is 49.1 Å². The Balaban J connectivity index is 1.73. The summed E-state index contributed by atoms with van der Waals surface area (Å²) in [5.74, 6) is 0.870. The maximum Gasteiger partial charge on any atom is 0.248 e. The molecule has 2 aromatic heterocycles. The molecule has 0 spiro atoms. The Morgan fingerprint density at radius 3 is 2.74 bits per heavy atom. The maximum absolute atomic E-state index is 11.8. The van der Waals surface area contributed by atoms with Crippen molar-refractivity contribution in [2.45, 2.75) is 32.1 Å². The van der Waals surface area contributed by atoms with Gasteiger partial charge in [0.15, 0.2) is 0 Å². The van der Waals surface area contributed by atoms with Crippen molar-refractivity contribution in [3.05, 3.63) is 48.0 Å². The quantitative estimate of drug-likeness (QED) is 0.634. The molecule has 0 atom stereocenters. The summed E-state index contributed by atoms with van der Waals surface area (Å²) in [6.45, 7) is 2.89. The van der Waals surface area contributed by atoms with Gasteiger partial charge in [0, 0.05) is 42.0 Å². The number of likely N-dealkylation sites (tertiary alicyclic amines) is 1. The van der Waals surface area contributed by atoms with E-state index in [4.69, 9.17) is 14.9 Å². The lowest BCUT2D eigenvalue weighted by molar-refractivity contribution is -0.135. The Kier molecular flexibility index (Phi) is 6.27. The first-order valence-corrected chi connectivity index (χ1v) is 10.6. The number of nitrogens with one attached hydrogen (secondary N) is 1. The number of H-pyrrole nitrogens is 1. The molecule has 2 N–H and O–H groups in total. The molecule has 0 aliphatic carbocycles. The molecule has 1 saturated heterocycles. The number of aromatic amines is 1. The summed E-state index contributed by atoms with van der Waals surface area (Å²) in [6.07, 6.45) is 5.73. The van der Waals surface area contributed by atoms with Crippen LogP contribution >= 0.6 is 0 Å². The summed E-state index contributed by atoms with van der Waals surface area (Å²) in [7, 11) is 1.68. The van der Waals surface area contributed by atoms with Crippen molar-refractivity contribution in [2.75, 3.05) is 26.8 Å². The largest absolute Gasteiger partial charge is 0.496 e. The fourth-order valence-electron chi connectivity index (χ4n) is 4.28. The number of rotatable bonds is 6. The van der Waals surface area contributed by atoms with E-state index in [2.05, 4.69) is 28.1 Å². The molecular weight excluding hydrogens is 394 g/mol. The van der Waals surface area contributed by atoms with Crippen LogP contribution in [0.25, 0.3) is 22.5 Å². The monoisotopic (exact) mass is 421 g/mol. The number of carbonyl (C=O) groups excluding carboxylic acids is 1. The highest BCUT2D eigenvalue weighted by Crippen LogP contribution is 2.39. The smallest absolute Gasteiger partial charge is 0.248 e. The van der Waals surface area contributed by atoms with Crippen LogP contribution in [0.4, 0.5) is 0 Å². The zero-order chi connectivity index (χ0) is 21.8. The van der Waals surface area contributed by atoms with Gasteiger partial charge in [-0.15, -0.1) is 0 Å². The Morgan fingerprint density at radius 1 is 1.29 bits per heavy atom. The zero-order valence-electron chi connectivity index (χ0n) is 17.8. The van der Waals surface area contributed by atoms with Crippen molar-refractivity contribution in [1.29, 1.82) is 0 Å². The number of benzene rings is 1. The number of aliphatic hydroxyl groups excluding tert-OH is 1. The molecule has 8 heteroatoms. The van der Waals surface area contributed by atoms with Gasteiger partial charge in [0.05, 0.1) is 12.8 Å². The van der Waals surface area contributed by atoms with Gasteiger partial charge < -0.3 is 14.7 Å². The molecule has 0 saturated carbocycles. The van der Waals surface area contributed by atoms with Gasteiger partial charge >= 0.3 is 0 Å². The SMILES string of the molecule is CCc1cc(-c2n[nH]c(C3CCN(C(=O)CO)CC3)c2-c2ccncn2)ccc1OC. The normalized spacial score (nSPS) is 14.6. The molecule has 1 aliphatic rings. The second-order valence-corrected chi connectivity index (χ2v) is 7.65. The lowest BCUT2D eigenvalue weighted by Crippen LogP contribution is -2.39. The molecule has 1 fully saturated rings. The number of ether oxygens (including phenoxy) is 1. The molecule has 1 aliphatic heterocycles. The van der Waals surface area contributed by atoms with E-state index in [9.17, 15) is 4.79 Å². The Hall–Kier alpha value is -3.26. The molecule has 8 nitrogen and oxygen atoms in total. The Morgan fingerprint density at radius 2 is 2.10 bits per heavy atom. The highest BCUT2D eigenvalue weighted by molar-refractivity contribution is 5.82. The zero-order valence-corrected chi connectivity index (χ0v) is 17.8. The first-order chi connectivity index (χ1) is 15.2. The van der Waals surface area contributed by atoms with Crippen LogP contribution in [0.1, 0.15) is 36.9 Å². The molecule has 1 amide bonds. The Labute approximate surface area is 181 Å². The number of hydrogen-bond acceptors (Lipinski definition) is 6. The van der Waals surface area contributed by atoms with Crippen LogP contribution in [0.5, 0.6) is 5.75 Å². The molecular formula is C23H27N5O3. The number of piperidine rings is 1.